The standard InChI is InChI=1S/C22H26N2O4S/c1-17-11-13-24(14-12-17)22(25)19-9-10-20(28-3)21(15-19)29(26,27)23(2)16-18-7-5-4-6-8-18/h4-10,15H,1,11-14,16H2,2-3H3. The van der Waals surface area contributed by atoms with Gasteiger partial charge in [-0.15, -0.1) is 0 Å². The first-order valence-corrected chi connectivity index (χ1v) is 10.9. The smallest absolute Gasteiger partial charge is 0.253 e. The number of nitrogens with zero attached hydrogens (tertiary/aromatic N) is 2. The molecule has 0 aromatic heterocycles. The first-order valence-electron chi connectivity index (χ1n) is 9.47. The molecule has 29 heavy (non-hydrogen) atoms. The highest BCUT2D eigenvalue weighted by Crippen LogP contribution is 2.29. The highest BCUT2D eigenvalue weighted by molar-refractivity contribution is 7.89. The molecule has 6 nitrogen and oxygen atoms in total. The zero-order chi connectivity index (χ0) is 21.0. The maximum Gasteiger partial charge on any atom is 0.253 e. The average molecular weight is 415 g/mol. The lowest BCUT2D eigenvalue weighted by atomic mass is 10.0. The van der Waals surface area contributed by atoms with E-state index in [9.17, 15) is 13.2 Å². The second kappa shape index (κ2) is 8.80. The predicted molar refractivity (Wildman–Crippen MR) is 112 cm³/mol. The van der Waals surface area contributed by atoms with Crippen LogP contribution in [0.5, 0.6) is 5.75 Å². The van der Waals surface area contributed by atoms with Gasteiger partial charge in [-0.2, -0.15) is 4.31 Å². The molecule has 0 bridgehead atoms. The molecule has 0 atom stereocenters. The fourth-order valence-electron chi connectivity index (χ4n) is 3.31. The highest BCUT2D eigenvalue weighted by Gasteiger charge is 2.28. The average Bonchev–Trinajstić information content (AvgIpc) is 2.74. The maximum atomic E-state index is 13.2. The summed E-state index contributed by atoms with van der Waals surface area (Å²) in [7, 11) is -0.912. The van der Waals surface area contributed by atoms with E-state index in [1.165, 1.54) is 24.5 Å². The van der Waals surface area contributed by atoms with Gasteiger partial charge in [-0.1, -0.05) is 42.5 Å². The molecule has 0 N–H and O–H groups in total. The number of ether oxygens (including phenoxy) is 1. The molecule has 154 valence electrons. The van der Waals surface area contributed by atoms with Gasteiger partial charge in [0.05, 0.1) is 7.11 Å². The van der Waals surface area contributed by atoms with Gasteiger partial charge in [-0.3, -0.25) is 4.79 Å². The van der Waals surface area contributed by atoms with E-state index < -0.39 is 10.0 Å². The number of benzene rings is 2. The van der Waals surface area contributed by atoms with Gasteiger partial charge in [-0.25, -0.2) is 8.42 Å². The Labute approximate surface area is 172 Å². The van der Waals surface area contributed by atoms with Crippen molar-refractivity contribution in [2.75, 3.05) is 27.2 Å². The van der Waals surface area contributed by atoms with Crippen LogP contribution < -0.4 is 4.74 Å². The lowest BCUT2D eigenvalue weighted by Crippen LogP contribution is -2.36. The molecular formula is C22H26N2O4S. The number of carbonyl (C=O) groups is 1. The third kappa shape index (κ3) is 4.68. The SMILES string of the molecule is C=C1CCN(C(=O)c2ccc(OC)c(S(=O)(=O)N(C)Cc3ccccc3)c2)CC1. The Hall–Kier alpha value is -2.64. The van der Waals surface area contributed by atoms with Crippen molar-refractivity contribution < 1.29 is 17.9 Å². The molecule has 1 fully saturated rings. The van der Waals surface area contributed by atoms with E-state index in [1.807, 2.05) is 30.3 Å². The van der Waals surface area contributed by atoms with Gasteiger partial charge in [-0.05, 0) is 36.6 Å². The van der Waals surface area contributed by atoms with Crippen molar-refractivity contribution in [2.45, 2.75) is 24.3 Å². The van der Waals surface area contributed by atoms with Crippen molar-refractivity contribution in [3.05, 3.63) is 71.8 Å². The summed E-state index contributed by atoms with van der Waals surface area (Å²) in [6.07, 6.45) is 1.54. The minimum absolute atomic E-state index is 0.00861. The molecule has 1 aliphatic rings. The Morgan fingerprint density at radius 3 is 2.41 bits per heavy atom. The minimum Gasteiger partial charge on any atom is -0.495 e. The van der Waals surface area contributed by atoms with E-state index in [-0.39, 0.29) is 23.1 Å². The fraction of sp³-hybridized carbons (Fsp3) is 0.318. The summed E-state index contributed by atoms with van der Waals surface area (Å²) in [5.41, 5.74) is 2.35. The molecular weight excluding hydrogens is 388 g/mol. The molecule has 1 saturated heterocycles. The predicted octanol–water partition coefficient (Wildman–Crippen LogP) is 3.31. The van der Waals surface area contributed by atoms with Crippen LogP contribution in [-0.2, 0) is 16.6 Å². The number of sulfonamides is 1. The fourth-order valence-corrected chi connectivity index (χ4v) is 4.65. The number of likely N-dealkylation sites (tertiary alicyclic amines) is 1. The molecule has 0 saturated carbocycles. The Bertz CT molecular complexity index is 993. The summed E-state index contributed by atoms with van der Waals surface area (Å²) in [6.45, 7) is 5.38. The molecule has 3 rings (SSSR count). The van der Waals surface area contributed by atoms with Gasteiger partial charge in [0, 0.05) is 32.2 Å². The summed E-state index contributed by atoms with van der Waals surface area (Å²) in [6, 6.07) is 13.9. The largest absolute Gasteiger partial charge is 0.495 e. The molecule has 2 aromatic carbocycles. The van der Waals surface area contributed by atoms with Crippen molar-refractivity contribution >= 4 is 15.9 Å². The van der Waals surface area contributed by atoms with Gasteiger partial charge >= 0.3 is 0 Å². The maximum absolute atomic E-state index is 13.2. The van der Waals surface area contributed by atoms with Gasteiger partial charge in [0.1, 0.15) is 10.6 Å². The zero-order valence-electron chi connectivity index (χ0n) is 16.8. The van der Waals surface area contributed by atoms with Crippen LogP contribution in [0.15, 0.2) is 65.6 Å². The van der Waals surface area contributed by atoms with Crippen molar-refractivity contribution in [2.24, 2.45) is 0 Å². The number of methoxy groups -OCH3 is 1. The van der Waals surface area contributed by atoms with Gasteiger partial charge in [0.25, 0.3) is 5.91 Å². The summed E-state index contributed by atoms with van der Waals surface area (Å²) < 4.78 is 33.0. The molecule has 0 unspecified atom stereocenters. The Morgan fingerprint density at radius 1 is 1.14 bits per heavy atom. The number of hydrogen-bond acceptors (Lipinski definition) is 4. The lowest BCUT2D eigenvalue weighted by molar-refractivity contribution is 0.0743. The van der Waals surface area contributed by atoms with Crippen molar-refractivity contribution in [1.29, 1.82) is 0 Å². The lowest BCUT2D eigenvalue weighted by Gasteiger charge is -2.28. The van der Waals surface area contributed by atoms with Crippen LogP contribution in [0.25, 0.3) is 0 Å². The van der Waals surface area contributed by atoms with Crippen LogP contribution >= 0.6 is 0 Å². The third-order valence-electron chi connectivity index (χ3n) is 5.10. The topological polar surface area (TPSA) is 66.9 Å². The Morgan fingerprint density at radius 2 is 1.79 bits per heavy atom. The first-order chi connectivity index (χ1) is 13.8. The van der Waals surface area contributed by atoms with E-state index in [1.54, 1.807) is 17.0 Å². The Kier molecular flexibility index (Phi) is 6.39. The number of carbonyl (C=O) groups excluding carboxylic acids is 1. The Balaban J connectivity index is 1.89. The summed E-state index contributed by atoms with van der Waals surface area (Å²) >= 11 is 0. The zero-order valence-corrected chi connectivity index (χ0v) is 17.6. The number of amides is 1. The van der Waals surface area contributed by atoms with E-state index in [0.717, 1.165) is 24.0 Å². The van der Waals surface area contributed by atoms with Crippen LogP contribution in [-0.4, -0.2) is 50.8 Å². The summed E-state index contributed by atoms with van der Waals surface area (Å²) in [5, 5.41) is 0. The van der Waals surface area contributed by atoms with Gasteiger partial charge in [0.15, 0.2) is 0 Å². The van der Waals surface area contributed by atoms with Crippen LogP contribution in [0.4, 0.5) is 0 Å². The van der Waals surface area contributed by atoms with Crippen molar-refractivity contribution in [1.82, 2.24) is 9.21 Å². The first kappa shape index (κ1) is 21.1. The van der Waals surface area contributed by atoms with Crippen LogP contribution in [0.1, 0.15) is 28.8 Å². The molecule has 2 aromatic rings. The molecule has 1 aliphatic heterocycles. The number of hydrogen-bond donors (Lipinski definition) is 0. The van der Waals surface area contributed by atoms with E-state index in [2.05, 4.69) is 6.58 Å². The van der Waals surface area contributed by atoms with E-state index in [0.29, 0.717) is 18.7 Å². The third-order valence-corrected chi connectivity index (χ3v) is 6.93. The molecule has 1 heterocycles. The normalized spacial score (nSPS) is 14.9. The second-order valence-electron chi connectivity index (χ2n) is 7.15. The molecule has 7 heteroatoms. The van der Waals surface area contributed by atoms with Crippen LogP contribution in [0.2, 0.25) is 0 Å². The van der Waals surface area contributed by atoms with Crippen molar-refractivity contribution in [3.8, 4) is 5.75 Å². The molecule has 0 spiro atoms. The van der Waals surface area contributed by atoms with E-state index in [4.69, 9.17) is 4.74 Å². The van der Waals surface area contributed by atoms with Gasteiger partial charge < -0.3 is 9.64 Å². The molecule has 1 amide bonds. The number of rotatable bonds is 6. The minimum atomic E-state index is -3.85. The van der Waals surface area contributed by atoms with Crippen LogP contribution in [0, 0.1) is 0 Å². The number of piperidine rings is 1. The summed E-state index contributed by atoms with van der Waals surface area (Å²) in [5.74, 6) is 0.0378. The highest BCUT2D eigenvalue weighted by atomic mass is 32.2. The summed E-state index contributed by atoms with van der Waals surface area (Å²) in [4.78, 5) is 14.6. The quantitative estimate of drug-likeness (QED) is 0.680. The van der Waals surface area contributed by atoms with Gasteiger partial charge in [0.2, 0.25) is 10.0 Å². The second-order valence-corrected chi connectivity index (χ2v) is 9.17. The molecule has 0 radical (unpaired) electrons. The molecule has 0 aliphatic carbocycles. The van der Waals surface area contributed by atoms with E-state index >= 15 is 0 Å². The monoisotopic (exact) mass is 414 g/mol. The van der Waals surface area contributed by atoms with Crippen molar-refractivity contribution in [3.63, 3.8) is 0 Å². The van der Waals surface area contributed by atoms with Crippen LogP contribution in [0.3, 0.4) is 0 Å².